The highest BCUT2D eigenvalue weighted by Crippen LogP contribution is 2.25. The van der Waals surface area contributed by atoms with Crippen LogP contribution in [0.25, 0.3) is 0 Å². The lowest BCUT2D eigenvalue weighted by Gasteiger charge is -2.02. The first-order valence-electron chi connectivity index (χ1n) is 5.09. The van der Waals surface area contributed by atoms with Gasteiger partial charge in [-0.2, -0.15) is 5.10 Å². The molecule has 0 saturated carbocycles. The lowest BCUT2D eigenvalue weighted by atomic mass is 10.2. The summed E-state index contributed by atoms with van der Waals surface area (Å²) in [5.41, 5.74) is 0.687. The van der Waals surface area contributed by atoms with Gasteiger partial charge in [0.25, 0.3) is 0 Å². The van der Waals surface area contributed by atoms with Crippen LogP contribution < -0.4 is 10.1 Å². The minimum atomic E-state index is -0.0731. The summed E-state index contributed by atoms with van der Waals surface area (Å²) in [6.45, 7) is 0. The average Bonchev–Trinajstić information content (AvgIpc) is 2.75. The Morgan fingerprint density at radius 2 is 2.39 bits per heavy atom. The first-order valence-corrected chi connectivity index (χ1v) is 6.08. The molecular formula is C11H11N3O3S. The van der Waals surface area contributed by atoms with Crippen molar-refractivity contribution in [3.8, 4) is 11.5 Å². The second-order valence-electron chi connectivity index (χ2n) is 3.42. The molecule has 18 heavy (non-hydrogen) atoms. The fraction of sp³-hybridized carbons (Fsp3) is 0.182. The summed E-state index contributed by atoms with van der Waals surface area (Å²) in [6.07, 6.45) is 1.48. The van der Waals surface area contributed by atoms with Gasteiger partial charge in [-0.05, 0) is 23.8 Å². The quantitative estimate of drug-likeness (QED) is 0.629. The van der Waals surface area contributed by atoms with Crippen LogP contribution in [0.5, 0.6) is 11.5 Å². The molecule has 1 saturated heterocycles. The van der Waals surface area contributed by atoms with Gasteiger partial charge >= 0.3 is 0 Å². The van der Waals surface area contributed by atoms with Crippen molar-refractivity contribution in [1.29, 1.82) is 0 Å². The standard InChI is InChI=1S/C11H11N3O3S/c1-17-9-3-2-7(4-8(9)15)5-12-14-11-13-10(16)6-18-11/h2-5,15H,6H2,1H3,(H,13,14,16). The molecule has 0 bridgehead atoms. The summed E-state index contributed by atoms with van der Waals surface area (Å²) in [5, 5.41) is 20.3. The molecule has 2 rings (SSSR count). The van der Waals surface area contributed by atoms with Crippen molar-refractivity contribution in [2.24, 2.45) is 10.2 Å². The molecular weight excluding hydrogens is 254 g/mol. The van der Waals surface area contributed by atoms with Gasteiger partial charge < -0.3 is 15.2 Å². The number of carbonyl (C=O) groups excluding carboxylic acids is 1. The van der Waals surface area contributed by atoms with E-state index in [0.717, 1.165) is 0 Å². The van der Waals surface area contributed by atoms with Gasteiger partial charge in [0.1, 0.15) is 0 Å². The number of rotatable bonds is 3. The van der Waals surface area contributed by atoms with Gasteiger partial charge in [0, 0.05) is 0 Å². The van der Waals surface area contributed by atoms with Gasteiger partial charge in [-0.15, -0.1) is 5.10 Å². The maximum Gasteiger partial charge on any atom is 0.236 e. The fourth-order valence-corrected chi connectivity index (χ4v) is 1.95. The maximum atomic E-state index is 10.9. The number of phenolic OH excluding ortho intramolecular Hbond substituents is 1. The Balaban J connectivity index is 2.05. The molecule has 1 heterocycles. The minimum absolute atomic E-state index is 0.0395. The molecule has 0 radical (unpaired) electrons. The summed E-state index contributed by atoms with van der Waals surface area (Å²) >= 11 is 1.30. The van der Waals surface area contributed by atoms with E-state index in [9.17, 15) is 9.90 Å². The second-order valence-corrected chi connectivity index (χ2v) is 4.38. The Kier molecular flexibility index (Phi) is 3.83. The van der Waals surface area contributed by atoms with Crippen LogP contribution in [0, 0.1) is 0 Å². The summed E-state index contributed by atoms with van der Waals surface area (Å²) in [4.78, 5) is 10.9. The molecule has 0 atom stereocenters. The fourth-order valence-electron chi connectivity index (χ4n) is 1.31. The molecule has 0 unspecified atom stereocenters. The van der Waals surface area contributed by atoms with Gasteiger partial charge in [-0.25, -0.2) is 0 Å². The van der Waals surface area contributed by atoms with Gasteiger partial charge in [0.2, 0.25) is 5.91 Å². The van der Waals surface area contributed by atoms with E-state index in [1.807, 2.05) is 0 Å². The molecule has 2 N–H and O–H groups in total. The van der Waals surface area contributed by atoms with Crippen molar-refractivity contribution >= 4 is 29.1 Å². The van der Waals surface area contributed by atoms with Gasteiger partial charge in [0.05, 0.1) is 19.1 Å². The van der Waals surface area contributed by atoms with E-state index in [1.165, 1.54) is 31.2 Å². The zero-order valence-electron chi connectivity index (χ0n) is 9.58. The van der Waals surface area contributed by atoms with E-state index in [0.29, 0.717) is 22.2 Å². The predicted octanol–water partition coefficient (Wildman–Crippen LogP) is 0.954. The number of phenols is 1. The predicted molar refractivity (Wildman–Crippen MR) is 70.3 cm³/mol. The molecule has 1 aliphatic rings. The van der Waals surface area contributed by atoms with Crippen molar-refractivity contribution < 1.29 is 14.6 Å². The third kappa shape index (κ3) is 3.01. The minimum Gasteiger partial charge on any atom is -0.504 e. The Bertz CT molecular complexity index is 528. The first kappa shape index (κ1) is 12.4. The van der Waals surface area contributed by atoms with Gasteiger partial charge in [-0.3, -0.25) is 4.79 Å². The smallest absolute Gasteiger partial charge is 0.236 e. The number of ether oxygens (including phenoxy) is 1. The lowest BCUT2D eigenvalue weighted by molar-refractivity contribution is -0.116. The van der Waals surface area contributed by atoms with E-state index >= 15 is 0 Å². The van der Waals surface area contributed by atoms with E-state index in [4.69, 9.17) is 4.74 Å². The topological polar surface area (TPSA) is 83.3 Å². The monoisotopic (exact) mass is 265 g/mol. The number of nitrogens with zero attached hydrogens (tertiary/aromatic N) is 2. The van der Waals surface area contributed by atoms with Crippen molar-refractivity contribution in [2.45, 2.75) is 0 Å². The Labute approximate surface area is 108 Å². The van der Waals surface area contributed by atoms with Crippen LogP contribution in [0.3, 0.4) is 0 Å². The highest BCUT2D eigenvalue weighted by molar-refractivity contribution is 8.15. The third-order valence-corrected chi connectivity index (χ3v) is 3.01. The number of methoxy groups -OCH3 is 1. The molecule has 1 aromatic carbocycles. The van der Waals surface area contributed by atoms with Crippen LogP contribution in [-0.4, -0.2) is 35.3 Å². The van der Waals surface area contributed by atoms with E-state index in [-0.39, 0.29) is 11.7 Å². The number of aromatic hydroxyl groups is 1. The largest absolute Gasteiger partial charge is 0.504 e. The van der Waals surface area contributed by atoms with Crippen LogP contribution >= 0.6 is 11.8 Å². The van der Waals surface area contributed by atoms with Crippen molar-refractivity contribution in [1.82, 2.24) is 5.32 Å². The molecule has 1 aliphatic heterocycles. The van der Waals surface area contributed by atoms with Crippen LogP contribution in [0.4, 0.5) is 0 Å². The molecule has 1 fully saturated rings. The normalized spacial score (nSPS) is 17.4. The summed E-state index contributed by atoms with van der Waals surface area (Å²) in [6, 6.07) is 4.89. The summed E-state index contributed by atoms with van der Waals surface area (Å²) in [7, 11) is 1.48. The molecule has 7 heteroatoms. The number of thioether (sulfide) groups is 1. The van der Waals surface area contributed by atoms with Crippen LogP contribution in [0.2, 0.25) is 0 Å². The number of benzene rings is 1. The second kappa shape index (κ2) is 5.54. The Hall–Kier alpha value is -2.02. The van der Waals surface area contributed by atoms with Crippen molar-refractivity contribution in [2.75, 3.05) is 12.9 Å². The first-order chi connectivity index (χ1) is 8.69. The number of hydrogen-bond acceptors (Lipinski definition) is 6. The number of carbonyl (C=O) groups is 1. The van der Waals surface area contributed by atoms with Gasteiger partial charge in [-0.1, -0.05) is 11.8 Å². The van der Waals surface area contributed by atoms with Crippen LogP contribution in [0.15, 0.2) is 28.4 Å². The maximum absolute atomic E-state index is 10.9. The number of amidine groups is 1. The van der Waals surface area contributed by atoms with Crippen molar-refractivity contribution in [3.05, 3.63) is 23.8 Å². The van der Waals surface area contributed by atoms with Gasteiger partial charge in [0.15, 0.2) is 16.7 Å². The Morgan fingerprint density at radius 3 is 3.00 bits per heavy atom. The van der Waals surface area contributed by atoms with E-state index < -0.39 is 0 Å². The number of hydrogen-bond donors (Lipinski definition) is 2. The molecule has 6 nitrogen and oxygen atoms in total. The van der Waals surface area contributed by atoms with E-state index in [1.54, 1.807) is 12.1 Å². The molecule has 0 spiro atoms. The molecule has 0 aromatic heterocycles. The SMILES string of the molecule is COc1ccc(C=NN=C2NC(=O)CS2)cc1O. The number of nitrogens with one attached hydrogen (secondary N) is 1. The van der Waals surface area contributed by atoms with E-state index in [2.05, 4.69) is 15.5 Å². The lowest BCUT2D eigenvalue weighted by Crippen LogP contribution is -2.19. The molecule has 0 aliphatic carbocycles. The number of amides is 1. The molecule has 94 valence electrons. The third-order valence-electron chi connectivity index (χ3n) is 2.14. The summed E-state index contributed by atoms with van der Waals surface area (Å²) < 4.78 is 4.92. The Morgan fingerprint density at radius 1 is 1.56 bits per heavy atom. The van der Waals surface area contributed by atoms with Crippen molar-refractivity contribution in [3.63, 3.8) is 0 Å². The molecule has 1 aromatic rings. The van der Waals surface area contributed by atoms with Crippen LogP contribution in [0.1, 0.15) is 5.56 Å². The zero-order valence-corrected chi connectivity index (χ0v) is 10.4. The summed E-state index contributed by atoms with van der Waals surface area (Å²) in [5.74, 6) is 0.739. The highest BCUT2D eigenvalue weighted by atomic mass is 32.2. The van der Waals surface area contributed by atoms with Crippen LogP contribution in [-0.2, 0) is 4.79 Å². The average molecular weight is 265 g/mol. The highest BCUT2D eigenvalue weighted by Gasteiger charge is 2.15. The molecule has 1 amide bonds. The zero-order chi connectivity index (χ0) is 13.0.